The van der Waals surface area contributed by atoms with Crippen LogP contribution in [0.25, 0.3) is 11.4 Å². The van der Waals surface area contributed by atoms with Crippen molar-refractivity contribution in [2.24, 2.45) is 7.05 Å². The third-order valence-corrected chi connectivity index (χ3v) is 4.90. The molecular formula is C20H23FN4S. The van der Waals surface area contributed by atoms with Crippen molar-refractivity contribution in [1.29, 1.82) is 0 Å². The molecule has 0 N–H and O–H groups in total. The highest BCUT2D eigenvalue weighted by Crippen LogP contribution is 2.18. The second-order valence-electron chi connectivity index (χ2n) is 6.64. The summed E-state index contributed by atoms with van der Waals surface area (Å²) in [5, 5.41) is 4.68. The van der Waals surface area contributed by atoms with Crippen LogP contribution in [0.15, 0.2) is 54.6 Å². The molecule has 0 aliphatic rings. The first-order valence-corrected chi connectivity index (χ1v) is 9.04. The Hall–Kier alpha value is -2.31. The minimum atomic E-state index is -0.261. The molecule has 0 saturated carbocycles. The molecule has 0 spiro atoms. The lowest BCUT2D eigenvalue weighted by molar-refractivity contribution is 0.153. The molecule has 0 aliphatic heterocycles. The molecule has 0 saturated heterocycles. The average Bonchev–Trinajstić information content (AvgIpc) is 2.91. The van der Waals surface area contributed by atoms with E-state index in [-0.39, 0.29) is 5.82 Å². The lowest BCUT2D eigenvalue weighted by atomic mass is 10.2. The van der Waals surface area contributed by atoms with Crippen molar-refractivity contribution in [3.05, 3.63) is 70.7 Å². The first-order valence-electron chi connectivity index (χ1n) is 8.63. The Kier molecular flexibility index (Phi) is 5.64. The summed E-state index contributed by atoms with van der Waals surface area (Å²) >= 11 is 5.57. The highest BCUT2D eigenvalue weighted by atomic mass is 32.1. The van der Waals surface area contributed by atoms with Crippen molar-refractivity contribution in [2.75, 3.05) is 0 Å². The molecule has 1 heterocycles. The third-order valence-electron chi connectivity index (χ3n) is 4.42. The molecule has 2 aromatic carbocycles. The number of aromatic nitrogens is 3. The molecule has 0 aliphatic carbocycles. The zero-order chi connectivity index (χ0) is 18.7. The number of hydrogen-bond donors (Lipinski definition) is 0. The van der Waals surface area contributed by atoms with E-state index in [0.29, 0.717) is 17.5 Å². The summed E-state index contributed by atoms with van der Waals surface area (Å²) in [4.78, 5) is 2.31. The van der Waals surface area contributed by atoms with Crippen molar-refractivity contribution in [1.82, 2.24) is 19.2 Å². The lowest BCUT2D eigenvalue weighted by Crippen LogP contribution is -2.33. The zero-order valence-corrected chi connectivity index (χ0v) is 16.1. The van der Waals surface area contributed by atoms with E-state index in [0.717, 1.165) is 17.9 Å². The van der Waals surface area contributed by atoms with E-state index in [2.05, 4.69) is 36.0 Å². The van der Waals surface area contributed by atoms with Crippen LogP contribution in [0.4, 0.5) is 4.39 Å². The summed E-state index contributed by atoms with van der Waals surface area (Å²) in [6, 6.07) is 17.0. The number of benzene rings is 2. The van der Waals surface area contributed by atoms with Gasteiger partial charge < -0.3 is 4.57 Å². The van der Waals surface area contributed by atoms with Crippen LogP contribution in [0.5, 0.6) is 0 Å². The van der Waals surface area contributed by atoms with Gasteiger partial charge >= 0.3 is 0 Å². The van der Waals surface area contributed by atoms with Gasteiger partial charge in [0.2, 0.25) is 0 Å². The highest BCUT2D eigenvalue weighted by molar-refractivity contribution is 7.71. The normalized spacial score (nSPS) is 11.5. The quantitative estimate of drug-likeness (QED) is 0.592. The van der Waals surface area contributed by atoms with Crippen molar-refractivity contribution in [2.45, 2.75) is 33.1 Å². The van der Waals surface area contributed by atoms with E-state index in [1.54, 1.807) is 12.1 Å². The maximum absolute atomic E-state index is 13.2. The first kappa shape index (κ1) is 18.5. The van der Waals surface area contributed by atoms with Gasteiger partial charge in [0.1, 0.15) is 5.82 Å². The Bertz CT molecular complexity index is 913. The molecule has 26 heavy (non-hydrogen) atoms. The van der Waals surface area contributed by atoms with E-state index in [1.165, 1.54) is 17.7 Å². The Labute approximate surface area is 158 Å². The second-order valence-corrected chi connectivity index (χ2v) is 7.00. The van der Waals surface area contributed by atoms with Crippen LogP contribution in [0.3, 0.4) is 0 Å². The lowest BCUT2D eigenvalue weighted by Gasteiger charge is -2.26. The van der Waals surface area contributed by atoms with Gasteiger partial charge in [0.15, 0.2) is 10.6 Å². The fourth-order valence-corrected chi connectivity index (χ4v) is 3.00. The van der Waals surface area contributed by atoms with Crippen LogP contribution >= 0.6 is 12.2 Å². The van der Waals surface area contributed by atoms with Gasteiger partial charge in [0, 0.05) is 25.2 Å². The molecule has 0 radical (unpaired) electrons. The smallest absolute Gasteiger partial charge is 0.199 e. The molecule has 0 amide bonds. The average molecular weight is 370 g/mol. The summed E-state index contributed by atoms with van der Waals surface area (Å²) in [6.07, 6.45) is 0. The van der Waals surface area contributed by atoms with E-state index in [1.807, 2.05) is 34.5 Å². The molecule has 3 aromatic rings. The maximum Gasteiger partial charge on any atom is 0.199 e. The highest BCUT2D eigenvalue weighted by Gasteiger charge is 2.15. The molecule has 0 atom stereocenters. The minimum Gasteiger partial charge on any atom is -0.303 e. The maximum atomic E-state index is 13.2. The van der Waals surface area contributed by atoms with Crippen LogP contribution in [0, 0.1) is 10.6 Å². The monoisotopic (exact) mass is 370 g/mol. The molecule has 136 valence electrons. The SMILES string of the molecule is CC(C)N(Cc1ccccc1)Cn1nc(-c2ccc(F)cc2)n(C)c1=S. The van der Waals surface area contributed by atoms with E-state index >= 15 is 0 Å². The third kappa shape index (κ3) is 4.08. The van der Waals surface area contributed by atoms with Gasteiger partial charge in [-0.1, -0.05) is 30.3 Å². The van der Waals surface area contributed by atoms with Crippen LogP contribution in [-0.2, 0) is 20.3 Å². The number of rotatable bonds is 6. The van der Waals surface area contributed by atoms with E-state index in [9.17, 15) is 4.39 Å². The van der Waals surface area contributed by atoms with Gasteiger partial charge in [-0.3, -0.25) is 4.90 Å². The van der Waals surface area contributed by atoms with Crippen molar-refractivity contribution in [3.8, 4) is 11.4 Å². The molecular weight excluding hydrogens is 347 g/mol. The summed E-state index contributed by atoms with van der Waals surface area (Å²) in [5.74, 6) is 0.474. The zero-order valence-electron chi connectivity index (χ0n) is 15.3. The van der Waals surface area contributed by atoms with Gasteiger partial charge in [-0.2, -0.15) is 5.10 Å². The fourth-order valence-electron chi connectivity index (χ4n) is 2.82. The Morgan fingerprint density at radius 1 is 1.08 bits per heavy atom. The second kappa shape index (κ2) is 7.93. The summed E-state index contributed by atoms with van der Waals surface area (Å²) in [6.45, 7) is 5.75. The first-order chi connectivity index (χ1) is 12.5. The summed E-state index contributed by atoms with van der Waals surface area (Å²) in [5.41, 5.74) is 2.10. The Morgan fingerprint density at radius 3 is 2.35 bits per heavy atom. The van der Waals surface area contributed by atoms with Gasteiger partial charge in [0.25, 0.3) is 0 Å². The van der Waals surface area contributed by atoms with Gasteiger partial charge in [-0.15, -0.1) is 0 Å². The van der Waals surface area contributed by atoms with Crippen LogP contribution in [0.1, 0.15) is 19.4 Å². The molecule has 6 heteroatoms. The predicted molar refractivity (Wildman–Crippen MR) is 105 cm³/mol. The van der Waals surface area contributed by atoms with Gasteiger partial charge in [-0.25, -0.2) is 9.07 Å². The largest absolute Gasteiger partial charge is 0.303 e. The fraction of sp³-hybridized carbons (Fsp3) is 0.300. The van der Waals surface area contributed by atoms with Crippen molar-refractivity contribution < 1.29 is 4.39 Å². The minimum absolute atomic E-state index is 0.261. The van der Waals surface area contributed by atoms with Gasteiger partial charge in [0.05, 0.1) is 6.67 Å². The van der Waals surface area contributed by atoms with Crippen LogP contribution in [-0.4, -0.2) is 25.3 Å². The standard InChI is InChI=1S/C20H23FN4S/c1-15(2)24(13-16-7-5-4-6-8-16)14-25-20(26)23(3)19(22-25)17-9-11-18(21)12-10-17/h4-12,15H,13-14H2,1-3H3. The van der Waals surface area contributed by atoms with Crippen molar-refractivity contribution in [3.63, 3.8) is 0 Å². The molecule has 0 bridgehead atoms. The van der Waals surface area contributed by atoms with E-state index in [4.69, 9.17) is 12.2 Å². The van der Waals surface area contributed by atoms with Crippen molar-refractivity contribution >= 4 is 12.2 Å². The number of halogens is 1. The molecule has 0 fully saturated rings. The summed E-state index contributed by atoms with van der Waals surface area (Å²) < 4.78 is 17.5. The molecule has 4 nitrogen and oxygen atoms in total. The number of hydrogen-bond acceptors (Lipinski definition) is 3. The van der Waals surface area contributed by atoms with Gasteiger partial charge in [-0.05, 0) is 55.9 Å². The molecule has 0 unspecified atom stereocenters. The topological polar surface area (TPSA) is 26.0 Å². The molecule has 1 aromatic heterocycles. The number of nitrogens with zero attached hydrogens (tertiary/aromatic N) is 4. The summed E-state index contributed by atoms with van der Waals surface area (Å²) in [7, 11) is 1.89. The van der Waals surface area contributed by atoms with Crippen LogP contribution in [0.2, 0.25) is 0 Å². The molecule has 3 rings (SSSR count). The van der Waals surface area contributed by atoms with E-state index < -0.39 is 0 Å². The Balaban J connectivity index is 1.87. The Morgan fingerprint density at radius 2 is 1.73 bits per heavy atom. The predicted octanol–water partition coefficient (Wildman–Crippen LogP) is 4.63. The van der Waals surface area contributed by atoms with Crippen LogP contribution < -0.4 is 0 Å².